The van der Waals surface area contributed by atoms with Gasteiger partial charge in [0.1, 0.15) is 0 Å². The van der Waals surface area contributed by atoms with Crippen LogP contribution in [0, 0.1) is 14.8 Å². The second kappa shape index (κ2) is 9.58. The summed E-state index contributed by atoms with van der Waals surface area (Å²) in [7, 11) is 0. The van der Waals surface area contributed by atoms with E-state index in [1.807, 2.05) is 12.3 Å². The summed E-state index contributed by atoms with van der Waals surface area (Å²) in [4.78, 5) is 11.7. The zero-order valence-electron chi connectivity index (χ0n) is 16.4. The molecule has 31 heavy (non-hydrogen) atoms. The number of rotatable bonds is 9. The van der Waals surface area contributed by atoms with Crippen LogP contribution in [-0.2, 0) is 13.1 Å². The van der Waals surface area contributed by atoms with E-state index in [1.165, 1.54) is 23.2 Å². The predicted octanol–water partition coefficient (Wildman–Crippen LogP) is 0.161. The lowest BCUT2D eigenvalue weighted by Crippen LogP contribution is -2.37. The van der Waals surface area contributed by atoms with E-state index in [0.717, 1.165) is 12.0 Å². The highest BCUT2D eigenvalue weighted by molar-refractivity contribution is 5.96. The molecule has 162 valence electrons. The third-order valence-corrected chi connectivity index (χ3v) is 5.77. The Morgan fingerprint density at radius 1 is 1.23 bits per heavy atom. The molecule has 0 saturated heterocycles. The first-order chi connectivity index (χ1) is 15.0. The summed E-state index contributed by atoms with van der Waals surface area (Å²) in [5.74, 6) is -0.442. The molecular weight excluding hydrogens is 468 g/mol. The summed E-state index contributed by atoms with van der Waals surface area (Å²) in [5, 5.41) is 16.7. The van der Waals surface area contributed by atoms with Crippen molar-refractivity contribution in [3.8, 4) is 5.75 Å². The molecule has 1 amide bonds. The molecule has 0 unspecified atom stereocenters. The molecule has 9 nitrogen and oxygen atoms in total. The van der Waals surface area contributed by atoms with Crippen molar-refractivity contribution in [2.75, 3.05) is 0 Å². The van der Waals surface area contributed by atoms with E-state index in [-0.39, 0.29) is 11.3 Å². The smallest absolute Gasteiger partial charge is 0.361 e. The van der Waals surface area contributed by atoms with Gasteiger partial charge in [-0.05, 0) is 29.7 Å². The monoisotopic (exact) mass is 488 g/mol. The third-order valence-electron chi connectivity index (χ3n) is 5.16. The van der Waals surface area contributed by atoms with Crippen molar-refractivity contribution >= 4 is 5.91 Å². The molecule has 0 aliphatic heterocycles. The Morgan fingerprint density at radius 2 is 2.03 bits per heavy atom. The van der Waals surface area contributed by atoms with Crippen LogP contribution in [0.3, 0.4) is 0 Å². The summed E-state index contributed by atoms with van der Waals surface area (Å²) in [6, 6.07) is 15.4. The van der Waals surface area contributed by atoms with Gasteiger partial charge < -0.3 is 13.7 Å². The summed E-state index contributed by atoms with van der Waals surface area (Å²) < 4.78 is 28.4. The zero-order valence-corrected chi connectivity index (χ0v) is 18.0. The zero-order chi connectivity index (χ0) is 21.8. The molecular formula is C21H21BrN4O5. The average Bonchev–Trinajstić information content (AvgIpc) is 3.42. The highest BCUT2D eigenvalue weighted by Crippen LogP contribution is 2.40. The van der Waals surface area contributed by atoms with Crippen LogP contribution in [-0.4, -0.2) is 26.9 Å². The normalized spacial score (nSPS) is 17.5. The van der Waals surface area contributed by atoms with Gasteiger partial charge >= 0.3 is 14.8 Å². The maximum atomic E-state index is 11.7. The van der Waals surface area contributed by atoms with Crippen LogP contribution in [0.25, 0.3) is 0 Å². The summed E-state index contributed by atoms with van der Waals surface area (Å²) in [6.07, 6.45) is 4.82. The number of hydrogen-bond acceptors (Lipinski definition) is 7. The van der Waals surface area contributed by atoms with Crippen molar-refractivity contribution < 1.29 is 37.0 Å². The van der Waals surface area contributed by atoms with Gasteiger partial charge in [0.05, 0.1) is 18.3 Å². The lowest BCUT2D eigenvalue weighted by Gasteiger charge is -2.07. The Balaban J connectivity index is 1.36. The van der Waals surface area contributed by atoms with E-state index >= 15 is 0 Å². The highest BCUT2D eigenvalue weighted by Gasteiger charge is 2.37. The fourth-order valence-corrected chi connectivity index (χ4v) is 4.11. The van der Waals surface area contributed by atoms with Gasteiger partial charge in [0, 0.05) is 30.3 Å². The molecule has 0 spiro atoms. The Kier molecular flexibility index (Phi) is 6.64. The minimum Gasteiger partial charge on any atom is -0.361 e. The second-order valence-corrected chi connectivity index (χ2v) is 8.44. The number of aromatic nitrogens is 2. The first-order valence-corrected chi connectivity index (χ1v) is 11.6. The van der Waals surface area contributed by atoms with Gasteiger partial charge in [-0.1, -0.05) is 36.4 Å². The van der Waals surface area contributed by atoms with Gasteiger partial charge in [-0.15, -0.1) is 3.83 Å². The van der Waals surface area contributed by atoms with Gasteiger partial charge in [0.2, 0.25) is 5.75 Å². The quantitative estimate of drug-likeness (QED) is 0.288. The van der Waals surface area contributed by atoms with Crippen molar-refractivity contribution in [3.05, 3.63) is 83.2 Å². The highest BCUT2D eigenvalue weighted by atomic mass is 80.0. The van der Waals surface area contributed by atoms with Crippen LogP contribution >= 0.6 is 0 Å². The number of carbonyl (C=O) groups is 1. The van der Waals surface area contributed by atoms with Crippen LogP contribution in [0.5, 0.6) is 5.75 Å². The first-order valence-electron chi connectivity index (χ1n) is 9.64. The molecule has 1 heterocycles. The van der Waals surface area contributed by atoms with Crippen molar-refractivity contribution in [1.29, 1.82) is 0 Å². The molecule has 2 atom stereocenters. The predicted molar refractivity (Wildman–Crippen MR) is 102 cm³/mol. The maximum Gasteiger partial charge on any atom is 0.501 e. The Bertz CT molecular complexity index is 1040. The van der Waals surface area contributed by atoms with Crippen LogP contribution in [0.4, 0.5) is 0 Å². The number of carbonyl (C=O) groups excluding carboxylic acids is 1. The second-order valence-electron chi connectivity index (χ2n) is 7.32. The molecule has 1 aliphatic rings. The van der Waals surface area contributed by atoms with E-state index in [0.29, 0.717) is 30.6 Å². The molecule has 3 N–H and O–H groups in total. The minimum absolute atomic E-state index is 0.0798. The van der Waals surface area contributed by atoms with Gasteiger partial charge in [-0.25, -0.2) is 5.48 Å². The fraction of sp³-hybridized carbons (Fsp3) is 0.238. The minimum atomic E-state index is -3.58. The molecule has 10 heteroatoms. The third kappa shape index (κ3) is 5.49. The summed E-state index contributed by atoms with van der Waals surface area (Å²) in [6.45, 7) is 1.07. The Morgan fingerprint density at radius 3 is 2.77 bits per heavy atom. The van der Waals surface area contributed by atoms with Crippen LogP contribution in [0.15, 0.2) is 60.9 Å². The number of hydroxylamine groups is 1. The molecule has 1 aliphatic carbocycles. The Hall–Kier alpha value is -2.76. The van der Waals surface area contributed by atoms with Crippen molar-refractivity contribution in [3.63, 3.8) is 0 Å². The van der Waals surface area contributed by atoms with Gasteiger partial charge in [0.15, 0.2) is 0 Å². The average molecular weight is 489 g/mol. The number of hydrogen-bond donors (Lipinski definition) is 3. The molecule has 1 saturated carbocycles. The summed E-state index contributed by atoms with van der Waals surface area (Å²) in [5.41, 5.74) is 4.48. The first kappa shape index (κ1) is 21.5. The molecule has 3 aromatic rings. The molecule has 4 rings (SSSR count). The van der Waals surface area contributed by atoms with Crippen LogP contribution < -0.4 is 23.0 Å². The maximum absolute atomic E-state index is 11.7. The standard InChI is InChI=1S/C21H21BrN4O5/c27-21(25-30)17-7-6-14(8-20(17)31-22(28)29)12-26-13-15(11-24-26)10-23-19-9-18(19)16-4-2-1-3-5-16/h1-8,11,13,18-19,23,30H,9-10,12H2,(H,25,27)/t18-,19+/m0/s1. The van der Waals surface area contributed by atoms with E-state index in [9.17, 15) is 13.2 Å². The van der Waals surface area contributed by atoms with E-state index in [4.69, 9.17) is 9.04 Å². The molecule has 1 aromatic heterocycles. The lowest BCUT2D eigenvalue weighted by atomic mass is 10.1. The van der Waals surface area contributed by atoms with Crippen LogP contribution in [0.1, 0.15) is 39.4 Å². The number of nitrogens with zero attached hydrogens (tertiary/aromatic N) is 2. The largest absolute Gasteiger partial charge is 0.501 e. The number of halogens is 1. The van der Waals surface area contributed by atoms with Crippen molar-refractivity contribution in [1.82, 2.24) is 20.6 Å². The molecule has 0 radical (unpaired) electrons. The van der Waals surface area contributed by atoms with Crippen LogP contribution in [0.2, 0.25) is 0 Å². The number of nitrogens with one attached hydrogen (secondary N) is 2. The van der Waals surface area contributed by atoms with Crippen molar-refractivity contribution in [2.45, 2.75) is 31.5 Å². The molecule has 2 aromatic carbocycles. The van der Waals surface area contributed by atoms with E-state index < -0.39 is 20.7 Å². The van der Waals surface area contributed by atoms with Gasteiger partial charge in [0.25, 0.3) is 5.91 Å². The summed E-state index contributed by atoms with van der Waals surface area (Å²) >= 11 is -3.58. The fourth-order valence-electron chi connectivity index (χ4n) is 3.55. The topological polar surface area (TPSA) is 135 Å². The van der Waals surface area contributed by atoms with Crippen molar-refractivity contribution in [2.24, 2.45) is 0 Å². The van der Waals surface area contributed by atoms with E-state index in [1.54, 1.807) is 16.9 Å². The lowest BCUT2D eigenvalue weighted by molar-refractivity contribution is -1.62. The molecule has 1 fully saturated rings. The van der Waals surface area contributed by atoms with E-state index in [2.05, 4.69) is 34.7 Å². The number of amides is 1. The Labute approximate surface area is 184 Å². The number of benzene rings is 2. The SMILES string of the molecule is O=C(NO)c1ccc(Cn2cc(CN[C@@H]3C[C@H]3c3ccccc3)cn2)cc1O[Br+2]([O-])[O-]. The van der Waals surface area contributed by atoms with Gasteiger partial charge in [-0.2, -0.15) is 5.10 Å². The van der Waals surface area contributed by atoms with Gasteiger partial charge in [-0.3, -0.25) is 14.7 Å². The molecule has 0 bridgehead atoms.